The number of hydrogen-bond donors (Lipinski definition) is 2. The molecule has 1 heterocycles. The van der Waals surface area contributed by atoms with E-state index in [0.29, 0.717) is 18.1 Å². The van der Waals surface area contributed by atoms with Crippen LogP contribution in [0, 0.1) is 12.3 Å². The number of aliphatic hydroxyl groups is 1. The number of likely N-dealkylation sites (tertiary alicyclic amines) is 1. The van der Waals surface area contributed by atoms with Crippen LogP contribution < -0.4 is 5.32 Å². The Morgan fingerprint density at radius 2 is 2.10 bits per heavy atom. The van der Waals surface area contributed by atoms with Gasteiger partial charge < -0.3 is 15.3 Å². The van der Waals surface area contributed by atoms with E-state index in [1.165, 1.54) is 0 Å². The molecule has 0 spiro atoms. The number of anilines is 1. The van der Waals surface area contributed by atoms with E-state index in [4.69, 9.17) is 11.6 Å². The van der Waals surface area contributed by atoms with Crippen molar-refractivity contribution >= 4 is 23.3 Å². The van der Waals surface area contributed by atoms with Gasteiger partial charge in [0, 0.05) is 30.4 Å². The Morgan fingerprint density at radius 1 is 1.43 bits per heavy atom. The molecule has 4 nitrogen and oxygen atoms in total. The second kappa shape index (κ2) is 6.67. The number of nitrogens with one attached hydrogen (secondary N) is 1. The number of nitrogens with zero attached hydrogens (tertiary/aromatic N) is 1. The van der Waals surface area contributed by atoms with E-state index in [1.807, 2.05) is 24.0 Å². The van der Waals surface area contributed by atoms with E-state index >= 15 is 0 Å². The third-order valence-electron chi connectivity index (χ3n) is 4.63. The number of carbonyl (C=O) groups is 1. The largest absolute Gasteiger partial charge is 0.396 e. The lowest BCUT2D eigenvalue weighted by Gasteiger charge is -2.40. The molecule has 1 aliphatic rings. The molecule has 0 radical (unpaired) electrons. The maximum absolute atomic E-state index is 12.3. The predicted molar refractivity (Wildman–Crippen MR) is 85.8 cm³/mol. The zero-order chi connectivity index (χ0) is 15.5. The number of aryl methyl sites for hydroxylation is 1. The van der Waals surface area contributed by atoms with Crippen molar-refractivity contribution in [1.29, 1.82) is 0 Å². The fourth-order valence-electron chi connectivity index (χ4n) is 2.77. The molecule has 0 bridgehead atoms. The van der Waals surface area contributed by atoms with Gasteiger partial charge in [0.2, 0.25) is 0 Å². The van der Waals surface area contributed by atoms with E-state index in [9.17, 15) is 9.90 Å². The molecule has 1 aromatic rings. The van der Waals surface area contributed by atoms with Gasteiger partial charge in [0.1, 0.15) is 0 Å². The number of hydrogen-bond acceptors (Lipinski definition) is 2. The lowest BCUT2D eigenvalue weighted by molar-refractivity contribution is 0.0542. The highest BCUT2D eigenvalue weighted by atomic mass is 35.5. The molecule has 0 atom stereocenters. The highest BCUT2D eigenvalue weighted by Crippen LogP contribution is 2.34. The van der Waals surface area contributed by atoms with Crippen molar-refractivity contribution in [3.05, 3.63) is 28.8 Å². The van der Waals surface area contributed by atoms with Gasteiger partial charge in [-0.05, 0) is 55.4 Å². The SMILES string of the molecule is CCC1(CO)CCN(C(=O)Nc2ccc(Cl)cc2C)CC1. The molecule has 1 saturated heterocycles. The summed E-state index contributed by atoms with van der Waals surface area (Å²) in [5.74, 6) is 0. The summed E-state index contributed by atoms with van der Waals surface area (Å²) in [6.45, 7) is 5.60. The van der Waals surface area contributed by atoms with E-state index in [0.717, 1.165) is 30.5 Å². The Bertz CT molecular complexity index is 505. The molecular weight excluding hydrogens is 288 g/mol. The minimum atomic E-state index is -0.0805. The zero-order valence-corrected chi connectivity index (χ0v) is 13.4. The molecule has 1 aromatic carbocycles. The Morgan fingerprint density at radius 3 is 2.62 bits per heavy atom. The lowest BCUT2D eigenvalue weighted by atomic mass is 9.77. The monoisotopic (exact) mass is 310 g/mol. The van der Waals surface area contributed by atoms with E-state index in [-0.39, 0.29) is 18.1 Å². The molecule has 1 aliphatic heterocycles. The Labute approximate surface area is 131 Å². The smallest absolute Gasteiger partial charge is 0.321 e. The number of halogens is 1. The van der Waals surface area contributed by atoms with Gasteiger partial charge >= 0.3 is 6.03 Å². The maximum atomic E-state index is 12.3. The predicted octanol–water partition coefficient (Wildman–Crippen LogP) is 3.66. The number of benzene rings is 1. The van der Waals surface area contributed by atoms with Crippen molar-refractivity contribution in [3.63, 3.8) is 0 Å². The minimum absolute atomic E-state index is 0.00698. The third-order valence-corrected chi connectivity index (χ3v) is 4.86. The van der Waals surface area contributed by atoms with Crippen LogP contribution >= 0.6 is 11.6 Å². The fourth-order valence-corrected chi connectivity index (χ4v) is 3.00. The van der Waals surface area contributed by atoms with Crippen LogP contribution in [-0.4, -0.2) is 35.7 Å². The molecule has 0 aliphatic carbocycles. The highest BCUT2D eigenvalue weighted by Gasteiger charge is 2.33. The first-order valence-electron chi connectivity index (χ1n) is 7.42. The van der Waals surface area contributed by atoms with Crippen LogP contribution in [0.2, 0.25) is 5.02 Å². The quantitative estimate of drug-likeness (QED) is 0.895. The second-order valence-electron chi connectivity index (χ2n) is 5.89. The maximum Gasteiger partial charge on any atom is 0.321 e. The van der Waals surface area contributed by atoms with Gasteiger partial charge in [-0.1, -0.05) is 18.5 Å². The molecule has 0 unspecified atom stereocenters. The van der Waals surface area contributed by atoms with Crippen LogP contribution in [0.15, 0.2) is 18.2 Å². The Hall–Kier alpha value is -1.26. The number of rotatable bonds is 3. The molecule has 2 amide bonds. The van der Waals surface area contributed by atoms with Crippen molar-refractivity contribution < 1.29 is 9.90 Å². The molecule has 1 fully saturated rings. The number of piperidine rings is 1. The van der Waals surface area contributed by atoms with Crippen molar-refractivity contribution in [1.82, 2.24) is 4.90 Å². The summed E-state index contributed by atoms with van der Waals surface area (Å²) in [5, 5.41) is 13.1. The molecule has 2 N–H and O–H groups in total. The fraction of sp³-hybridized carbons (Fsp3) is 0.562. The first kappa shape index (κ1) is 16.1. The topological polar surface area (TPSA) is 52.6 Å². The Balaban J connectivity index is 1.96. The number of urea groups is 1. The van der Waals surface area contributed by atoms with Crippen LogP contribution in [-0.2, 0) is 0 Å². The van der Waals surface area contributed by atoms with Crippen molar-refractivity contribution in [2.24, 2.45) is 5.41 Å². The third kappa shape index (κ3) is 3.69. The first-order chi connectivity index (χ1) is 9.99. The van der Waals surface area contributed by atoms with E-state index < -0.39 is 0 Å². The van der Waals surface area contributed by atoms with Gasteiger partial charge in [0.25, 0.3) is 0 Å². The summed E-state index contributed by atoms with van der Waals surface area (Å²) in [5.41, 5.74) is 1.73. The van der Waals surface area contributed by atoms with Crippen LogP contribution in [0.5, 0.6) is 0 Å². The zero-order valence-electron chi connectivity index (χ0n) is 12.7. The molecule has 0 saturated carbocycles. The minimum Gasteiger partial charge on any atom is -0.396 e. The van der Waals surface area contributed by atoms with Crippen molar-refractivity contribution in [2.45, 2.75) is 33.1 Å². The molecule has 0 aromatic heterocycles. The lowest BCUT2D eigenvalue weighted by Crippen LogP contribution is -2.46. The summed E-state index contributed by atoms with van der Waals surface area (Å²) < 4.78 is 0. The summed E-state index contributed by atoms with van der Waals surface area (Å²) in [6, 6.07) is 5.35. The van der Waals surface area contributed by atoms with Crippen molar-refractivity contribution in [3.8, 4) is 0 Å². The number of aliphatic hydroxyl groups excluding tert-OH is 1. The van der Waals surface area contributed by atoms with Crippen LogP contribution in [0.4, 0.5) is 10.5 Å². The second-order valence-corrected chi connectivity index (χ2v) is 6.32. The van der Waals surface area contributed by atoms with Gasteiger partial charge in [0.05, 0.1) is 0 Å². The van der Waals surface area contributed by atoms with Gasteiger partial charge in [0.15, 0.2) is 0 Å². The molecular formula is C16H23ClN2O2. The van der Waals surface area contributed by atoms with Gasteiger partial charge in [-0.3, -0.25) is 0 Å². The average molecular weight is 311 g/mol. The standard InChI is InChI=1S/C16H23ClN2O2/c1-3-16(11-20)6-8-19(9-7-16)15(21)18-14-5-4-13(17)10-12(14)2/h4-5,10,20H,3,6-9,11H2,1-2H3,(H,18,21). The normalized spacial score (nSPS) is 17.6. The Kier molecular flexibility index (Phi) is 5.12. The van der Waals surface area contributed by atoms with E-state index in [2.05, 4.69) is 12.2 Å². The van der Waals surface area contributed by atoms with Gasteiger partial charge in [-0.25, -0.2) is 4.79 Å². The van der Waals surface area contributed by atoms with Crippen LogP contribution in [0.1, 0.15) is 31.7 Å². The summed E-state index contributed by atoms with van der Waals surface area (Å²) in [7, 11) is 0. The highest BCUT2D eigenvalue weighted by molar-refractivity contribution is 6.30. The van der Waals surface area contributed by atoms with Crippen molar-refractivity contribution in [2.75, 3.05) is 25.0 Å². The van der Waals surface area contributed by atoms with Gasteiger partial charge in [-0.15, -0.1) is 0 Å². The number of carbonyl (C=O) groups excluding carboxylic acids is 1. The van der Waals surface area contributed by atoms with Gasteiger partial charge in [-0.2, -0.15) is 0 Å². The molecule has 116 valence electrons. The number of amides is 2. The average Bonchev–Trinajstić information content (AvgIpc) is 2.50. The first-order valence-corrected chi connectivity index (χ1v) is 7.80. The molecule has 2 rings (SSSR count). The molecule has 21 heavy (non-hydrogen) atoms. The molecule has 5 heteroatoms. The summed E-state index contributed by atoms with van der Waals surface area (Å²) in [4.78, 5) is 14.1. The summed E-state index contributed by atoms with van der Waals surface area (Å²) >= 11 is 5.92. The van der Waals surface area contributed by atoms with Crippen LogP contribution in [0.3, 0.4) is 0 Å². The van der Waals surface area contributed by atoms with E-state index in [1.54, 1.807) is 6.07 Å². The van der Waals surface area contributed by atoms with Crippen LogP contribution in [0.25, 0.3) is 0 Å². The summed E-state index contributed by atoms with van der Waals surface area (Å²) in [6.07, 6.45) is 2.66.